The van der Waals surface area contributed by atoms with Crippen LogP contribution in [-0.4, -0.2) is 29.6 Å². The van der Waals surface area contributed by atoms with Crippen LogP contribution in [0.4, 0.5) is 22.0 Å². The van der Waals surface area contributed by atoms with Crippen LogP contribution in [0.2, 0.25) is 0 Å². The number of aromatic amines is 1. The van der Waals surface area contributed by atoms with Crippen LogP contribution < -0.4 is 0 Å². The van der Waals surface area contributed by atoms with E-state index in [4.69, 9.17) is 0 Å². The van der Waals surface area contributed by atoms with Crippen molar-refractivity contribution in [3.05, 3.63) is 53.5 Å². The molecule has 0 amide bonds. The summed E-state index contributed by atoms with van der Waals surface area (Å²) in [4.78, 5) is 8.60. The third-order valence-electron chi connectivity index (χ3n) is 3.79. The Morgan fingerprint density at radius 2 is 1.71 bits per heavy atom. The zero-order valence-electron chi connectivity index (χ0n) is 14.4. The minimum absolute atomic E-state index is 0.0324. The number of imidazole rings is 1. The number of nitrogens with one attached hydrogen (secondary N) is 1. The van der Waals surface area contributed by atoms with E-state index in [2.05, 4.69) is 9.97 Å². The number of H-pyrrole nitrogens is 1. The number of aromatic nitrogens is 3. The summed E-state index contributed by atoms with van der Waals surface area (Å²) in [6.45, 7) is 1.60. The van der Waals surface area contributed by atoms with Crippen molar-refractivity contribution in [1.82, 2.24) is 15.0 Å². The van der Waals surface area contributed by atoms with Gasteiger partial charge in [0.05, 0.1) is 11.4 Å². The van der Waals surface area contributed by atoms with Crippen molar-refractivity contribution in [3.8, 4) is 22.6 Å². The molecule has 0 saturated carbocycles. The fourth-order valence-corrected chi connectivity index (χ4v) is 3.29. The highest BCUT2D eigenvalue weighted by molar-refractivity contribution is 7.90. The number of hydrogen-bond acceptors (Lipinski definition) is 4. The molecule has 0 aliphatic heterocycles. The van der Waals surface area contributed by atoms with E-state index >= 15 is 0 Å². The van der Waals surface area contributed by atoms with E-state index in [9.17, 15) is 30.4 Å². The Labute approximate surface area is 156 Å². The predicted molar refractivity (Wildman–Crippen MR) is 90.0 cm³/mol. The Bertz CT molecular complexity index is 1170. The van der Waals surface area contributed by atoms with E-state index in [1.54, 1.807) is 13.0 Å². The Balaban J connectivity index is 2.30. The van der Waals surface area contributed by atoms with Crippen LogP contribution in [0.3, 0.4) is 0 Å². The molecule has 5 nitrogen and oxygen atoms in total. The van der Waals surface area contributed by atoms with Gasteiger partial charge >= 0.3 is 6.18 Å². The third-order valence-corrected chi connectivity index (χ3v) is 4.90. The fourth-order valence-electron chi connectivity index (χ4n) is 2.56. The maximum absolute atomic E-state index is 14.5. The molecule has 0 atom stereocenters. The largest absolute Gasteiger partial charge is 0.449 e. The molecule has 0 fully saturated rings. The number of benzene rings is 1. The van der Waals surface area contributed by atoms with Gasteiger partial charge in [0, 0.05) is 17.5 Å². The Kier molecular flexibility index (Phi) is 4.74. The van der Waals surface area contributed by atoms with E-state index in [0.717, 1.165) is 0 Å². The molecule has 3 rings (SSSR count). The molecule has 0 spiro atoms. The Hall–Kier alpha value is -2.82. The topological polar surface area (TPSA) is 75.7 Å². The predicted octanol–water partition coefficient (Wildman–Crippen LogP) is 4.15. The first-order valence-electron chi connectivity index (χ1n) is 7.68. The van der Waals surface area contributed by atoms with Gasteiger partial charge in [0.15, 0.2) is 9.84 Å². The van der Waals surface area contributed by atoms with Gasteiger partial charge in [-0.25, -0.2) is 22.2 Å². The minimum Gasteiger partial charge on any atom is -0.333 e. The van der Waals surface area contributed by atoms with E-state index in [0.29, 0.717) is 24.1 Å². The van der Waals surface area contributed by atoms with E-state index in [1.165, 1.54) is 12.1 Å². The first-order valence-corrected chi connectivity index (χ1v) is 9.58. The lowest BCUT2D eigenvalue weighted by Crippen LogP contribution is -2.07. The first kappa shape index (κ1) is 19.9. The summed E-state index contributed by atoms with van der Waals surface area (Å²) >= 11 is 0. The first-order chi connectivity index (χ1) is 12.9. The highest BCUT2D eigenvalue weighted by Crippen LogP contribution is 2.37. The second-order valence-electron chi connectivity index (χ2n) is 6.01. The van der Waals surface area contributed by atoms with Gasteiger partial charge in [-0.15, -0.1) is 0 Å². The quantitative estimate of drug-likeness (QED) is 0.650. The van der Waals surface area contributed by atoms with Crippen LogP contribution in [0, 0.1) is 18.6 Å². The fraction of sp³-hybridized carbons (Fsp3) is 0.176. The van der Waals surface area contributed by atoms with Gasteiger partial charge in [-0.1, -0.05) is 6.07 Å². The lowest BCUT2D eigenvalue weighted by molar-refractivity contribution is -0.144. The van der Waals surface area contributed by atoms with Crippen molar-refractivity contribution < 1.29 is 30.4 Å². The molecule has 3 aromatic rings. The van der Waals surface area contributed by atoms with Crippen LogP contribution in [-0.2, 0) is 16.0 Å². The van der Waals surface area contributed by atoms with Crippen molar-refractivity contribution in [1.29, 1.82) is 0 Å². The number of aryl methyl sites for hydroxylation is 1. The highest BCUT2D eigenvalue weighted by atomic mass is 32.2. The smallest absolute Gasteiger partial charge is 0.333 e. The van der Waals surface area contributed by atoms with Crippen LogP contribution in [0.25, 0.3) is 22.6 Å². The SMILES string of the molecule is Cc1cccc(-c2[nH]c(C(F)(F)F)nc2-c2cc(F)c(S(C)(=O)=O)cc2F)n1. The van der Waals surface area contributed by atoms with Crippen LogP contribution in [0.15, 0.2) is 35.2 Å². The maximum Gasteiger partial charge on any atom is 0.449 e. The maximum atomic E-state index is 14.5. The zero-order valence-corrected chi connectivity index (χ0v) is 15.2. The summed E-state index contributed by atoms with van der Waals surface area (Å²) in [6, 6.07) is 5.42. The summed E-state index contributed by atoms with van der Waals surface area (Å²) in [7, 11) is -4.08. The van der Waals surface area contributed by atoms with Gasteiger partial charge < -0.3 is 4.98 Å². The molecule has 2 heterocycles. The second kappa shape index (κ2) is 6.66. The summed E-state index contributed by atoms with van der Waals surface area (Å²) in [5.74, 6) is -3.97. The molecule has 0 unspecified atom stereocenters. The molecule has 0 bridgehead atoms. The Morgan fingerprint density at radius 3 is 2.29 bits per heavy atom. The van der Waals surface area contributed by atoms with Gasteiger partial charge in [-0.2, -0.15) is 13.2 Å². The highest BCUT2D eigenvalue weighted by Gasteiger charge is 2.37. The van der Waals surface area contributed by atoms with Crippen molar-refractivity contribution in [2.45, 2.75) is 18.0 Å². The summed E-state index contributed by atoms with van der Waals surface area (Å²) in [5, 5.41) is 0. The van der Waals surface area contributed by atoms with Crippen LogP contribution >= 0.6 is 0 Å². The molecule has 28 heavy (non-hydrogen) atoms. The van der Waals surface area contributed by atoms with E-state index in [-0.39, 0.29) is 11.4 Å². The molecule has 148 valence electrons. The molecular formula is C17H12F5N3O2S. The van der Waals surface area contributed by atoms with Crippen molar-refractivity contribution in [3.63, 3.8) is 0 Å². The minimum atomic E-state index is -4.88. The lowest BCUT2D eigenvalue weighted by atomic mass is 10.1. The number of pyridine rings is 1. The van der Waals surface area contributed by atoms with Gasteiger partial charge in [-0.3, -0.25) is 4.98 Å². The van der Waals surface area contributed by atoms with Crippen LogP contribution in [0.5, 0.6) is 0 Å². The van der Waals surface area contributed by atoms with Crippen molar-refractivity contribution >= 4 is 9.84 Å². The third kappa shape index (κ3) is 3.75. The molecule has 1 aromatic carbocycles. The molecule has 0 aliphatic carbocycles. The van der Waals surface area contributed by atoms with Crippen LogP contribution in [0.1, 0.15) is 11.5 Å². The number of rotatable bonds is 3. The number of sulfone groups is 1. The Morgan fingerprint density at radius 1 is 1.04 bits per heavy atom. The molecule has 0 aliphatic rings. The normalized spacial score (nSPS) is 12.4. The van der Waals surface area contributed by atoms with Gasteiger partial charge in [0.1, 0.15) is 22.2 Å². The number of alkyl halides is 3. The number of halogens is 5. The molecule has 2 aromatic heterocycles. The van der Waals surface area contributed by atoms with Crippen molar-refractivity contribution in [2.75, 3.05) is 6.26 Å². The number of nitrogens with zero attached hydrogens (tertiary/aromatic N) is 2. The molecule has 1 N–H and O–H groups in total. The standard InChI is InChI=1S/C17H12F5N3O2S/c1-8-4-3-5-12(23-8)15-14(24-16(25-15)17(20,21)22)9-6-11(19)13(7-10(9)18)28(2,26)27/h3-7H,1-2H3,(H,24,25). The monoisotopic (exact) mass is 417 g/mol. The zero-order chi connectivity index (χ0) is 20.9. The second-order valence-corrected chi connectivity index (χ2v) is 7.99. The average Bonchev–Trinajstić information content (AvgIpc) is 3.01. The molecule has 0 radical (unpaired) electrons. The number of hydrogen-bond donors (Lipinski definition) is 1. The van der Waals surface area contributed by atoms with Gasteiger partial charge in [0.2, 0.25) is 5.82 Å². The summed E-state index contributed by atoms with van der Waals surface area (Å²) in [6.07, 6.45) is -4.19. The van der Waals surface area contributed by atoms with E-state index < -0.39 is 49.6 Å². The summed E-state index contributed by atoms with van der Waals surface area (Å²) < 4.78 is 91.2. The van der Waals surface area contributed by atoms with Gasteiger partial charge in [0.25, 0.3) is 0 Å². The lowest BCUT2D eigenvalue weighted by Gasteiger charge is -2.07. The molecule has 11 heteroatoms. The molecular weight excluding hydrogens is 405 g/mol. The van der Waals surface area contributed by atoms with Gasteiger partial charge in [-0.05, 0) is 31.2 Å². The summed E-state index contributed by atoms with van der Waals surface area (Å²) in [5.41, 5.74) is -0.936. The molecule has 0 saturated heterocycles. The van der Waals surface area contributed by atoms with E-state index in [1.807, 2.05) is 4.98 Å². The van der Waals surface area contributed by atoms with Crippen molar-refractivity contribution in [2.24, 2.45) is 0 Å². The average molecular weight is 417 g/mol.